The normalized spacial score (nSPS) is 8.42. The minimum atomic E-state index is 0. The predicted octanol–water partition coefficient (Wildman–Crippen LogP) is 2.04. The molecule has 1 rings (SSSR count). The third kappa shape index (κ3) is 2.63. The van der Waals surface area contributed by atoms with Crippen LogP contribution in [0, 0.1) is 14.9 Å². The second kappa shape index (κ2) is 5.36. The smallest absolute Gasteiger partial charge is 0.0991 e. The fourth-order valence-corrected chi connectivity index (χ4v) is 1.52. The predicted molar refractivity (Wildman–Crippen MR) is 59.0 cm³/mol. The van der Waals surface area contributed by atoms with Crippen molar-refractivity contribution in [3.63, 3.8) is 0 Å². The van der Waals surface area contributed by atoms with Crippen molar-refractivity contribution in [2.45, 2.75) is 6.54 Å². The van der Waals surface area contributed by atoms with Crippen LogP contribution in [-0.4, -0.2) is 0 Å². The minimum absolute atomic E-state index is 0. The van der Waals surface area contributed by atoms with Gasteiger partial charge in [0.1, 0.15) is 0 Å². The number of hydrogen-bond donors (Lipinski definition) is 1. The van der Waals surface area contributed by atoms with Gasteiger partial charge in [0, 0.05) is 10.1 Å². The van der Waals surface area contributed by atoms with E-state index in [2.05, 4.69) is 28.7 Å². The van der Waals surface area contributed by atoms with Crippen LogP contribution in [0.15, 0.2) is 18.2 Å². The van der Waals surface area contributed by atoms with Gasteiger partial charge < -0.3 is 5.73 Å². The first-order valence-electron chi connectivity index (χ1n) is 3.16. The van der Waals surface area contributed by atoms with Gasteiger partial charge in [-0.25, -0.2) is 0 Å². The van der Waals surface area contributed by atoms with Crippen LogP contribution in [0.1, 0.15) is 11.1 Å². The number of hydrogen-bond acceptors (Lipinski definition) is 2. The summed E-state index contributed by atoms with van der Waals surface area (Å²) >= 11 is 2.18. The van der Waals surface area contributed by atoms with Gasteiger partial charge in [-0.1, -0.05) is 6.07 Å². The fourth-order valence-electron chi connectivity index (χ4n) is 0.782. The number of halogens is 2. The Labute approximate surface area is 91.3 Å². The average Bonchev–Trinajstić information content (AvgIpc) is 2.04. The second-order valence-electron chi connectivity index (χ2n) is 2.12. The molecule has 0 spiro atoms. The van der Waals surface area contributed by atoms with Crippen LogP contribution >= 0.6 is 35.0 Å². The summed E-state index contributed by atoms with van der Waals surface area (Å²) in [5, 5.41) is 8.54. The molecule has 2 N–H and O–H groups in total. The zero-order valence-corrected chi connectivity index (χ0v) is 9.22. The van der Waals surface area contributed by atoms with Crippen molar-refractivity contribution in [3.8, 4) is 6.07 Å². The highest BCUT2D eigenvalue weighted by Crippen LogP contribution is 2.13. The lowest BCUT2D eigenvalue weighted by molar-refractivity contribution is 1.06. The Morgan fingerprint density at radius 1 is 1.50 bits per heavy atom. The third-order valence-electron chi connectivity index (χ3n) is 1.40. The van der Waals surface area contributed by atoms with Crippen LogP contribution < -0.4 is 5.73 Å². The average molecular weight is 295 g/mol. The maximum absolute atomic E-state index is 8.54. The molecule has 0 aliphatic heterocycles. The summed E-state index contributed by atoms with van der Waals surface area (Å²) in [6.07, 6.45) is 0. The van der Waals surface area contributed by atoms with Crippen LogP contribution in [0.5, 0.6) is 0 Å². The van der Waals surface area contributed by atoms with Crippen LogP contribution in [0.4, 0.5) is 0 Å². The van der Waals surface area contributed by atoms with Crippen molar-refractivity contribution in [2.24, 2.45) is 5.73 Å². The quantitative estimate of drug-likeness (QED) is 0.806. The zero-order valence-electron chi connectivity index (χ0n) is 6.25. The molecule has 0 aliphatic rings. The molecule has 2 nitrogen and oxygen atoms in total. The Morgan fingerprint density at radius 3 is 2.58 bits per heavy atom. The van der Waals surface area contributed by atoms with E-state index in [0.717, 1.165) is 9.13 Å². The van der Waals surface area contributed by atoms with Gasteiger partial charge >= 0.3 is 0 Å². The van der Waals surface area contributed by atoms with Gasteiger partial charge in [0.05, 0.1) is 11.6 Å². The minimum Gasteiger partial charge on any atom is -0.326 e. The molecule has 4 heteroatoms. The molecule has 0 heterocycles. The van der Waals surface area contributed by atoms with E-state index < -0.39 is 0 Å². The Balaban J connectivity index is 0.00000121. The summed E-state index contributed by atoms with van der Waals surface area (Å²) in [5.74, 6) is 0. The van der Waals surface area contributed by atoms with Gasteiger partial charge in [-0.3, -0.25) is 0 Å². The molecule has 64 valence electrons. The highest BCUT2D eigenvalue weighted by molar-refractivity contribution is 14.1. The summed E-state index contributed by atoms with van der Waals surface area (Å²) in [4.78, 5) is 0. The summed E-state index contributed by atoms with van der Waals surface area (Å²) in [7, 11) is 0. The third-order valence-corrected chi connectivity index (χ3v) is 2.41. The largest absolute Gasteiger partial charge is 0.326 e. The summed E-state index contributed by atoms with van der Waals surface area (Å²) < 4.78 is 1.06. The molecule has 1 aromatic rings. The highest BCUT2D eigenvalue weighted by Gasteiger charge is 1.97. The van der Waals surface area contributed by atoms with Gasteiger partial charge in [-0.15, -0.1) is 12.4 Å². The second-order valence-corrected chi connectivity index (χ2v) is 3.28. The molecule has 0 aliphatic carbocycles. The molecule has 0 radical (unpaired) electrons. The molecule has 0 unspecified atom stereocenters. The van der Waals surface area contributed by atoms with Crippen LogP contribution in [-0.2, 0) is 6.54 Å². The molecule has 0 aromatic heterocycles. The molecular weight excluding hydrogens is 286 g/mol. The lowest BCUT2D eigenvalue weighted by Crippen LogP contribution is -1.98. The van der Waals surface area contributed by atoms with Crippen molar-refractivity contribution in [2.75, 3.05) is 0 Å². The van der Waals surface area contributed by atoms with Crippen LogP contribution in [0.25, 0.3) is 0 Å². The van der Waals surface area contributed by atoms with Gasteiger partial charge in [0.2, 0.25) is 0 Å². The van der Waals surface area contributed by atoms with E-state index in [1.807, 2.05) is 12.1 Å². The van der Waals surface area contributed by atoms with Gasteiger partial charge in [0.15, 0.2) is 0 Å². The van der Waals surface area contributed by atoms with Gasteiger partial charge in [0.25, 0.3) is 0 Å². The first-order valence-corrected chi connectivity index (χ1v) is 4.24. The lowest BCUT2D eigenvalue weighted by Gasteiger charge is -1.99. The number of nitriles is 1. The van der Waals surface area contributed by atoms with Crippen molar-refractivity contribution >= 4 is 35.0 Å². The first kappa shape index (κ1) is 11.7. The molecule has 0 saturated heterocycles. The topological polar surface area (TPSA) is 49.8 Å². The van der Waals surface area contributed by atoms with E-state index in [4.69, 9.17) is 11.0 Å². The van der Waals surface area contributed by atoms with Gasteiger partial charge in [-0.05, 0) is 40.3 Å². The number of rotatable bonds is 1. The van der Waals surface area contributed by atoms with E-state index >= 15 is 0 Å². The van der Waals surface area contributed by atoms with E-state index in [0.29, 0.717) is 12.1 Å². The fraction of sp³-hybridized carbons (Fsp3) is 0.125. The number of nitrogens with zero attached hydrogens (tertiary/aromatic N) is 1. The van der Waals surface area contributed by atoms with Gasteiger partial charge in [-0.2, -0.15) is 5.26 Å². The molecule has 0 fully saturated rings. The Kier molecular flexibility index (Phi) is 5.22. The molecular formula is C8H8ClIN2. The summed E-state index contributed by atoms with van der Waals surface area (Å²) in [6.45, 7) is 0.532. The van der Waals surface area contributed by atoms with E-state index in [1.54, 1.807) is 6.07 Å². The Morgan fingerprint density at radius 2 is 2.17 bits per heavy atom. The molecule has 1 aromatic carbocycles. The number of benzene rings is 1. The van der Waals surface area contributed by atoms with Crippen LogP contribution in [0.3, 0.4) is 0 Å². The SMILES string of the molecule is Cl.N#Cc1ccc(CN)c(I)c1. The van der Waals surface area contributed by atoms with Crippen molar-refractivity contribution < 1.29 is 0 Å². The molecule has 0 amide bonds. The standard InChI is InChI=1S/C8H7IN2.ClH/c9-8-3-6(4-10)1-2-7(8)5-11;/h1-3H,5,11H2;1H. The van der Waals surface area contributed by atoms with Crippen molar-refractivity contribution in [3.05, 3.63) is 32.9 Å². The molecule has 0 saturated carbocycles. The molecule has 0 bridgehead atoms. The monoisotopic (exact) mass is 294 g/mol. The Bertz CT molecular complexity index is 306. The van der Waals surface area contributed by atoms with Crippen molar-refractivity contribution in [1.82, 2.24) is 0 Å². The summed E-state index contributed by atoms with van der Waals surface area (Å²) in [5.41, 5.74) is 7.23. The van der Waals surface area contributed by atoms with E-state index in [9.17, 15) is 0 Å². The number of nitrogens with two attached hydrogens (primary N) is 1. The zero-order chi connectivity index (χ0) is 8.27. The lowest BCUT2D eigenvalue weighted by atomic mass is 10.1. The first-order chi connectivity index (χ1) is 5.27. The maximum Gasteiger partial charge on any atom is 0.0991 e. The molecule has 12 heavy (non-hydrogen) atoms. The maximum atomic E-state index is 8.54. The summed E-state index contributed by atoms with van der Waals surface area (Å²) in [6, 6.07) is 7.58. The van der Waals surface area contributed by atoms with E-state index in [1.165, 1.54) is 0 Å². The van der Waals surface area contributed by atoms with Crippen LogP contribution in [0.2, 0.25) is 0 Å². The highest BCUT2D eigenvalue weighted by atomic mass is 127. The van der Waals surface area contributed by atoms with Crippen molar-refractivity contribution in [1.29, 1.82) is 5.26 Å². The molecule has 0 atom stereocenters. The van der Waals surface area contributed by atoms with E-state index in [-0.39, 0.29) is 12.4 Å². The Hall–Kier alpha value is -0.310.